The molecule has 136 valence electrons. The number of carbonyl (C=O) groups is 2. The highest BCUT2D eigenvalue weighted by molar-refractivity contribution is 6.30. The van der Waals surface area contributed by atoms with Gasteiger partial charge in [-0.15, -0.1) is 0 Å². The maximum atomic E-state index is 12.7. The topological polar surface area (TPSA) is 58.6 Å². The summed E-state index contributed by atoms with van der Waals surface area (Å²) in [7, 11) is 0. The van der Waals surface area contributed by atoms with E-state index in [-0.39, 0.29) is 30.8 Å². The lowest BCUT2D eigenvalue weighted by Gasteiger charge is -2.33. The van der Waals surface area contributed by atoms with Gasteiger partial charge in [0.05, 0.1) is 12.2 Å². The van der Waals surface area contributed by atoms with Crippen LogP contribution in [0.15, 0.2) is 42.5 Å². The average molecular weight is 373 g/mol. The maximum Gasteiger partial charge on any atom is 0.227 e. The first-order chi connectivity index (χ1) is 12.4. The Kier molecular flexibility index (Phi) is 5.47. The molecule has 0 unspecified atom stereocenters. The van der Waals surface area contributed by atoms with Crippen molar-refractivity contribution >= 4 is 34.8 Å². The van der Waals surface area contributed by atoms with E-state index in [0.29, 0.717) is 23.0 Å². The number of anilines is 2. The summed E-state index contributed by atoms with van der Waals surface area (Å²) in [4.78, 5) is 26.5. The van der Waals surface area contributed by atoms with Crippen molar-refractivity contribution in [2.24, 2.45) is 0 Å². The van der Waals surface area contributed by atoms with Gasteiger partial charge in [-0.05, 0) is 55.8 Å². The highest BCUT2D eigenvalue weighted by Gasteiger charge is 2.27. The molecule has 0 saturated heterocycles. The number of fused-ring (bicyclic) bond motifs is 1. The Morgan fingerprint density at radius 2 is 1.92 bits per heavy atom. The summed E-state index contributed by atoms with van der Waals surface area (Å²) in [5.41, 5.74) is 2.49. The molecule has 2 aromatic rings. The number of benzene rings is 2. The number of hydrogen-bond donors (Lipinski definition) is 1. The van der Waals surface area contributed by atoms with Crippen LogP contribution in [0.2, 0.25) is 5.02 Å². The van der Waals surface area contributed by atoms with E-state index < -0.39 is 0 Å². The lowest BCUT2D eigenvalue weighted by atomic mass is 10.1. The van der Waals surface area contributed by atoms with Gasteiger partial charge in [-0.25, -0.2) is 0 Å². The number of halogens is 1. The minimum Gasteiger partial charge on any atom is -0.487 e. The van der Waals surface area contributed by atoms with Crippen molar-refractivity contribution in [3.8, 4) is 5.75 Å². The molecule has 0 fully saturated rings. The van der Waals surface area contributed by atoms with Crippen LogP contribution in [0.25, 0.3) is 0 Å². The first kappa shape index (κ1) is 18.3. The lowest BCUT2D eigenvalue weighted by Crippen LogP contribution is -2.42. The molecule has 5 nitrogen and oxygen atoms in total. The number of ether oxygens (including phenoxy) is 1. The van der Waals surface area contributed by atoms with Crippen molar-refractivity contribution in [3.05, 3.63) is 53.1 Å². The monoisotopic (exact) mass is 372 g/mol. The molecule has 6 heteroatoms. The number of amides is 2. The second kappa shape index (κ2) is 7.79. The molecule has 0 radical (unpaired) electrons. The fourth-order valence-corrected chi connectivity index (χ4v) is 3.02. The van der Waals surface area contributed by atoms with Crippen LogP contribution in [0, 0.1) is 6.92 Å². The van der Waals surface area contributed by atoms with E-state index in [1.54, 1.807) is 29.2 Å². The molecular formula is C20H21ClN2O3. The number of nitrogens with zero attached hydrogens (tertiary/aromatic N) is 1. The largest absolute Gasteiger partial charge is 0.487 e. The number of rotatable bonds is 4. The molecular weight excluding hydrogens is 352 g/mol. The first-order valence-corrected chi connectivity index (χ1v) is 8.93. The second-order valence-electron chi connectivity index (χ2n) is 6.46. The zero-order chi connectivity index (χ0) is 18.7. The van der Waals surface area contributed by atoms with Gasteiger partial charge in [0.1, 0.15) is 11.9 Å². The van der Waals surface area contributed by atoms with E-state index >= 15 is 0 Å². The lowest BCUT2D eigenvalue weighted by molar-refractivity contribution is -0.122. The summed E-state index contributed by atoms with van der Waals surface area (Å²) in [6.45, 7) is 4.38. The molecule has 1 aliphatic rings. The number of aryl methyl sites for hydroxylation is 1. The van der Waals surface area contributed by atoms with Gasteiger partial charge in [0.25, 0.3) is 0 Å². The third-order valence-corrected chi connectivity index (χ3v) is 4.42. The summed E-state index contributed by atoms with van der Waals surface area (Å²) in [6.07, 6.45) is 0.172. The van der Waals surface area contributed by atoms with Gasteiger partial charge in [0.15, 0.2) is 0 Å². The summed E-state index contributed by atoms with van der Waals surface area (Å²) in [6, 6.07) is 12.6. The van der Waals surface area contributed by atoms with Crippen LogP contribution >= 0.6 is 11.6 Å². The number of hydrogen-bond acceptors (Lipinski definition) is 3. The van der Waals surface area contributed by atoms with Crippen molar-refractivity contribution in [2.45, 2.75) is 32.8 Å². The molecule has 2 amide bonds. The van der Waals surface area contributed by atoms with Gasteiger partial charge < -0.3 is 15.0 Å². The summed E-state index contributed by atoms with van der Waals surface area (Å²) >= 11 is 5.83. The Labute approximate surface area is 157 Å². The normalized spacial score (nSPS) is 15.8. The summed E-state index contributed by atoms with van der Waals surface area (Å²) in [5, 5.41) is 3.38. The molecule has 26 heavy (non-hydrogen) atoms. The van der Waals surface area contributed by atoms with E-state index in [4.69, 9.17) is 16.3 Å². The highest BCUT2D eigenvalue weighted by atomic mass is 35.5. The predicted octanol–water partition coefficient (Wildman–Crippen LogP) is 4.18. The van der Waals surface area contributed by atoms with E-state index in [0.717, 1.165) is 11.3 Å². The van der Waals surface area contributed by atoms with E-state index in [1.165, 1.54) is 0 Å². The Morgan fingerprint density at radius 3 is 2.65 bits per heavy atom. The van der Waals surface area contributed by atoms with Crippen LogP contribution in [0.1, 0.15) is 25.3 Å². The minimum atomic E-state index is -0.202. The SMILES string of the molecule is Cc1ccc2c(c1)N(C(=O)CCC(=O)Nc1ccc(Cl)cc1)C[C@@H](C)O2. The van der Waals surface area contributed by atoms with Gasteiger partial charge in [-0.2, -0.15) is 0 Å². The van der Waals surface area contributed by atoms with Crippen LogP contribution in [0.5, 0.6) is 5.75 Å². The van der Waals surface area contributed by atoms with Gasteiger partial charge in [-0.3, -0.25) is 9.59 Å². The van der Waals surface area contributed by atoms with Crippen LogP contribution in [-0.2, 0) is 9.59 Å². The molecule has 2 aromatic carbocycles. The predicted molar refractivity (Wildman–Crippen MR) is 103 cm³/mol. The van der Waals surface area contributed by atoms with Gasteiger partial charge in [-0.1, -0.05) is 17.7 Å². The van der Waals surface area contributed by atoms with Crippen LogP contribution in [0.3, 0.4) is 0 Å². The molecule has 3 rings (SSSR count). The van der Waals surface area contributed by atoms with E-state index in [2.05, 4.69) is 5.32 Å². The van der Waals surface area contributed by atoms with Crippen molar-refractivity contribution in [1.29, 1.82) is 0 Å². The second-order valence-corrected chi connectivity index (χ2v) is 6.90. The quantitative estimate of drug-likeness (QED) is 0.875. The molecule has 1 atom stereocenters. The maximum absolute atomic E-state index is 12.7. The molecule has 1 aliphatic heterocycles. The van der Waals surface area contributed by atoms with Gasteiger partial charge >= 0.3 is 0 Å². The molecule has 0 aliphatic carbocycles. The molecule has 1 heterocycles. The van der Waals surface area contributed by atoms with Gasteiger partial charge in [0.2, 0.25) is 11.8 Å². The Bertz CT molecular complexity index is 820. The van der Waals surface area contributed by atoms with Crippen molar-refractivity contribution in [3.63, 3.8) is 0 Å². The van der Waals surface area contributed by atoms with Gasteiger partial charge in [0, 0.05) is 23.6 Å². The molecule has 0 spiro atoms. The van der Waals surface area contributed by atoms with E-state index in [1.807, 2.05) is 32.0 Å². The fourth-order valence-electron chi connectivity index (χ4n) is 2.90. The van der Waals surface area contributed by atoms with Crippen molar-refractivity contribution in [2.75, 3.05) is 16.8 Å². The highest BCUT2D eigenvalue weighted by Crippen LogP contribution is 2.34. The number of carbonyl (C=O) groups excluding carboxylic acids is 2. The fraction of sp³-hybridized carbons (Fsp3) is 0.300. The summed E-state index contributed by atoms with van der Waals surface area (Å²) in [5.74, 6) is 0.415. The van der Waals surface area contributed by atoms with Crippen LogP contribution in [-0.4, -0.2) is 24.5 Å². The Hall–Kier alpha value is -2.53. The smallest absolute Gasteiger partial charge is 0.227 e. The zero-order valence-electron chi connectivity index (χ0n) is 14.8. The zero-order valence-corrected chi connectivity index (χ0v) is 15.5. The first-order valence-electron chi connectivity index (χ1n) is 8.55. The summed E-state index contributed by atoms with van der Waals surface area (Å²) < 4.78 is 5.80. The average Bonchev–Trinajstić information content (AvgIpc) is 2.61. The standard InChI is InChI=1S/C20H21ClN2O3/c1-13-3-8-18-17(11-13)23(12-14(2)26-18)20(25)10-9-19(24)22-16-6-4-15(21)5-7-16/h3-8,11,14H,9-10,12H2,1-2H3,(H,22,24)/t14-/m1/s1. The van der Waals surface area contributed by atoms with E-state index in [9.17, 15) is 9.59 Å². The third kappa shape index (κ3) is 4.35. The molecule has 0 bridgehead atoms. The Morgan fingerprint density at radius 1 is 1.19 bits per heavy atom. The minimum absolute atomic E-state index is 0.0849. The van der Waals surface area contributed by atoms with Crippen molar-refractivity contribution in [1.82, 2.24) is 0 Å². The van der Waals surface area contributed by atoms with Crippen molar-refractivity contribution < 1.29 is 14.3 Å². The molecule has 0 aromatic heterocycles. The van der Waals surface area contributed by atoms with Crippen LogP contribution < -0.4 is 15.0 Å². The molecule has 0 saturated carbocycles. The van der Waals surface area contributed by atoms with Crippen LogP contribution in [0.4, 0.5) is 11.4 Å². The number of nitrogens with one attached hydrogen (secondary N) is 1. The third-order valence-electron chi connectivity index (χ3n) is 4.17. The Balaban J connectivity index is 1.62. The molecule has 1 N–H and O–H groups in total.